The summed E-state index contributed by atoms with van der Waals surface area (Å²) in [5.74, 6) is -1.88. The second-order valence-electron chi connectivity index (χ2n) is 8.57. The lowest BCUT2D eigenvalue weighted by atomic mass is 9.98. The highest BCUT2D eigenvalue weighted by Crippen LogP contribution is 2.44. The topological polar surface area (TPSA) is 114 Å². The maximum Gasteiger partial charge on any atom is 0.407 e. The summed E-state index contributed by atoms with van der Waals surface area (Å²) in [7, 11) is 1.39. The summed E-state index contributed by atoms with van der Waals surface area (Å²) in [6.45, 7) is 2.11. The van der Waals surface area contributed by atoms with Crippen LogP contribution in [-0.2, 0) is 19.1 Å². The third kappa shape index (κ3) is 4.85. The number of carbonyl (C=O) groups is 3. The van der Waals surface area contributed by atoms with Crippen LogP contribution in [0.15, 0.2) is 48.5 Å². The van der Waals surface area contributed by atoms with Gasteiger partial charge < -0.3 is 25.2 Å². The number of alkyl carbamates (subject to hydrolysis) is 1. The third-order valence-electron chi connectivity index (χ3n) is 6.52. The third-order valence-corrected chi connectivity index (χ3v) is 6.52. The van der Waals surface area contributed by atoms with E-state index in [0.29, 0.717) is 13.0 Å². The normalized spacial score (nSPS) is 20.2. The fraction of sp³-hybridized carbons (Fsp3) is 0.400. The molecule has 2 unspecified atom stereocenters. The fourth-order valence-corrected chi connectivity index (χ4v) is 4.43. The highest BCUT2D eigenvalue weighted by molar-refractivity contribution is 5.87. The van der Waals surface area contributed by atoms with Crippen molar-refractivity contribution in [2.24, 2.45) is 11.8 Å². The van der Waals surface area contributed by atoms with Crippen molar-refractivity contribution < 1.29 is 29.0 Å². The lowest BCUT2D eigenvalue weighted by Crippen LogP contribution is -2.49. The molecule has 2 aromatic rings. The molecule has 2 amide bonds. The van der Waals surface area contributed by atoms with Crippen LogP contribution in [0.3, 0.4) is 0 Å². The molecule has 2 aliphatic rings. The number of amides is 2. The average molecular weight is 453 g/mol. The summed E-state index contributed by atoms with van der Waals surface area (Å²) in [5.41, 5.74) is 4.61. The maximum atomic E-state index is 12.4. The Bertz CT molecular complexity index is 1010. The smallest absolute Gasteiger partial charge is 0.407 e. The van der Waals surface area contributed by atoms with E-state index in [1.54, 1.807) is 6.92 Å². The Labute approximate surface area is 192 Å². The molecule has 0 aliphatic heterocycles. The largest absolute Gasteiger partial charge is 0.480 e. The number of carboxylic acids is 1. The first kappa shape index (κ1) is 22.8. The number of ether oxygens (including phenoxy) is 2. The summed E-state index contributed by atoms with van der Waals surface area (Å²) in [6, 6.07) is 15.1. The minimum Gasteiger partial charge on any atom is -0.480 e. The minimum atomic E-state index is -1.15. The van der Waals surface area contributed by atoms with E-state index in [-0.39, 0.29) is 30.3 Å². The van der Waals surface area contributed by atoms with Gasteiger partial charge in [-0.25, -0.2) is 9.59 Å². The van der Waals surface area contributed by atoms with Crippen molar-refractivity contribution in [1.29, 1.82) is 0 Å². The van der Waals surface area contributed by atoms with E-state index in [4.69, 9.17) is 9.47 Å². The second-order valence-corrected chi connectivity index (χ2v) is 8.57. The van der Waals surface area contributed by atoms with Gasteiger partial charge in [0.05, 0.1) is 6.10 Å². The van der Waals surface area contributed by atoms with Crippen LogP contribution < -0.4 is 10.6 Å². The molecular weight excluding hydrogens is 424 g/mol. The van der Waals surface area contributed by atoms with Gasteiger partial charge >= 0.3 is 12.1 Å². The van der Waals surface area contributed by atoms with Gasteiger partial charge in [-0.3, -0.25) is 4.79 Å². The van der Waals surface area contributed by atoms with Gasteiger partial charge in [-0.2, -0.15) is 0 Å². The molecule has 8 heteroatoms. The fourth-order valence-electron chi connectivity index (χ4n) is 4.43. The van der Waals surface area contributed by atoms with E-state index in [1.165, 1.54) is 7.11 Å². The molecule has 0 spiro atoms. The molecule has 0 saturated heterocycles. The predicted molar refractivity (Wildman–Crippen MR) is 121 cm³/mol. The SMILES string of the molecule is CO[C@H](C)[C@H](NC(=O)C1CC1CNC(=O)OCC1c2ccccc2-c2ccccc21)C(=O)O. The van der Waals surface area contributed by atoms with Crippen molar-refractivity contribution in [2.75, 3.05) is 20.3 Å². The zero-order valence-electron chi connectivity index (χ0n) is 18.6. The van der Waals surface area contributed by atoms with Gasteiger partial charge in [0.25, 0.3) is 0 Å². The van der Waals surface area contributed by atoms with Gasteiger partial charge in [0.2, 0.25) is 5.91 Å². The van der Waals surface area contributed by atoms with E-state index in [2.05, 4.69) is 34.9 Å². The van der Waals surface area contributed by atoms with Crippen LogP contribution in [0.2, 0.25) is 0 Å². The lowest BCUT2D eigenvalue weighted by molar-refractivity contribution is -0.145. The highest BCUT2D eigenvalue weighted by atomic mass is 16.5. The van der Waals surface area contributed by atoms with E-state index in [0.717, 1.165) is 22.3 Å². The zero-order chi connectivity index (χ0) is 23.5. The number of hydrogen-bond acceptors (Lipinski definition) is 5. The summed E-state index contributed by atoms with van der Waals surface area (Å²) >= 11 is 0. The number of rotatable bonds is 9. The van der Waals surface area contributed by atoms with Crippen LogP contribution in [-0.4, -0.2) is 55.5 Å². The summed E-state index contributed by atoms with van der Waals surface area (Å²) < 4.78 is 10.5. The van der Waals surface area contributed by atoms with Crippen LogP contribution in [0.5, 0.6) is 0 Å². The van der Waals surface area contributed by atoms with Crippen molar-refractivity contribution in [2.45, 2.75) is 31.4 Å². The molecule has 1 fully saturated rings. The molecule has 8 nitrogen and oxygen atoms in total. The minimum absolute atomic E-state index is 0.0154. The van der Waals surface area contributed by atoms with Gasteiger partial charge in [-0.05, 0) is 41.5 Å². The molecule has 0 radical (unpaired) electrons. The highest BCUT2D eigenvalue weighted by Gasteiger charge is 2.44. The first-order valence-corrected chi connectivity index (χ1v) is 11.1. The second kappa shape index (κ2) is 9.62. The number of benzene rings is 2. The quantitative estimate of drug-likeness (QED) is 0.539. The maximum absolute atomic E-state index is 12.4. The van der Waals surface area contributed by atoms with Gasteiger partial charge in [0, 0.05) is 25.5 Å². The number of nitrogens with one attached hydrogen (secondary N) is 2. The van der Waals surface area contributed by atoms with Crippen molar-refractivity contribution in [1.82, 2.24) is 10.6 Å². The molecule has 2 aromatic carbocycles. The van der Waals surface area contributed by atoms with Crippen LogP contribution in [0.25, 0.3) is 11.1 Å². The molecule has 174 valence electrons. The Morgan fingerprint density at radius 2 is 1.67 bits per heavy atom. The standard InChI is InChI=1S/C25H28N2O6/c1-14(32-2)22(24(29)30)27-23(28)20-11-15(20)12-26-25(31)33-13-21-18-9-5-3-7-16(18)17-8-4-6-10-19(17)21/h3-10,14-15,20-22H,11-13H2,1-2H3,(H,26,31)(H,27,28)(H,29,30)/t14-,15?,20?,22+/m1/s1. The van der Waals surface area contributed by atoms with Crippen molar-refractivity contribution in [3.63, 3.8) is 0 Å². The summed E-state index contributed by atoms with van der Waals surface area (Å²) in [5, 5.41) is 14.5. The number of methoxy groups -OCH3 is 1. The molecule has 0 bridgehead atoms. The van der Waals surface area contributed by atoms with Gasteiger partial charge in [0.1, 0.15) is 6.61 Å². The number of carbonyl (C=O) groups excluding carboxylic acids is 2. The Morgan fingerprint density at radius 3 is 2.24 bits per heavy atom. The molecule has 0 aromatic heterocycles. The monoisotopic (exact) mass is 452 g/mol. The van der Waals surface area contributed by atoms with Crippen LogP contribution in [0.1, 0.15) is 30.4 Å². The van der Waals surface area contributed by atoms with Gasteiger partial charge in [-0.15, -0.1) is 0 Å². The Morgan fingerprint density at radius 1 is 1.06 bits per heavy atom. The molecule has 33 heavy (non-hydrogen) atoms. The lowest BCUT2D eigenvalue weighted by Gasteiger charge is -2.20. The molecule has 3 N–H and O–H groups in total. The van der Waals surface area contributed by atoms with Crippen molar-refractivity contribution in [3.8, 4) is 11.1 Å². The molecular formula is C25H28N2O6. The Kier molecular flexibility index (Phi) is 6.65. The number of fused-ring (bicyclic) bond motifs is 3. The Balaban J connectivity index is 1.25. The summed E-state index contributed by atoms with van der Waals surface area (Å²) in [4.78, 5) is 36.0. The zero-order valence-corrected chi connectivity index (χ0v) is 18.6. The van der Waals surface area contributed by atoms with E-state index in [1.807, 2.05) is 24.3 Å². The number of aliphatic carboxylic acids is 1. The first-order chi connectivity index (χ1) is 15.9. The molecule has 2 aliphatic carbocycles. The molecule has 4 atom stereocenters. The number of carboxylic acid groups (broad SMARTS) is 1. The van der Waals surface area contributed by atoms with Crippen molar-refractivity contribution in [3.05, 3.63) is 59.7 Å². The molecule has 4 rings (SSSR count). The van der Waals surface area contributed by atoms with Crippen LogP contribution in [0.4, 0.5) is 4.79 Å². The van der Waals surface area contributed by atoms with Gasteiger partial charge in [0.15, 0.2) is 6.04 Å². The summed E-state index contributed by atoms with van der Waals surface area (Å²) in [6.07, 6.45) is -0.592. The van der Waals surface area contributed by atoms with Crippen LogP contribution in [0, 0.1) is 11.8 Å². The average Bonchev–Trinajstić information content (AvgIpc) is 3.54. The Hall–Kier alpha value is -3.39. The van der Waals surface area contributed by atoms with E-state index < -0.39 is 24.2 Å². The number of hydrogen-bond donors (Lipinski definition) is 3. The van der Waals surface area contributed by atoms with Gasteiger partial charge in [-0.1, -0.05) is 48.5 Å². The molecule has 0 heterocycles. The predicted octanol–water partition coefficient (Wildman–Crippen LogP) is 2.77. The van der Waals surface area contributed by atoms with E-state index in [9.17, 15) is 19.5 Å². The molecule has 1 saturated carbocycles. The van der Waals surface area contributed by atoms with Crippen LogP contribution >= 0.6 is 0 Å². The first-order valence-electron chi connectivity index (χ1n) is 11.1. The van der Waals surface area contributed by atoms with E-state index >= 15 is 0 Å². The van der Waals surface area contributed by atoms with Crippen molar-refractivity contribution >= 4 is 18.0 Å².